The molecule has 8 heteroatoms. The van der Waals surface area contributed by atoms with Crippen LogP contribution in [0.2, 0.25) is 0 Å². The first kappa shape index (κ1) is 22.7. The summed E-state index contributed by atoms with van der Waals surface area (Å²) < 4.78 is 7.07. The fourth-order valence-electron chi connectivity index (χ4n) is 5.23. The normalized spacial score (nSPS) is 15.6. The van der Waals surface area contributed by atoms with Gasteiger partial charge in [-0.05, 0) is 90.7 Å². The monoisotopic (exact) mass is 505 g/mol. The van der Waals surface area contributed by atoms with E-state index in [-0.39, 0.29) is 0 Å². The molecule has 1 saturated heterocycles. The topological polar surface area (TPSA) is 55.6 Å². The highest BCUT2D eigenvalue weighted by Crippen LogP contribution is 2.36. The molecular weight excluding hydrogens is 474 g/mol. The first-order valence-electron chi connectivity index (χ1n) is 12.6. The smallest absolute Gasteiger partial charge is 0.294 e. The van der Waals surface area contributed by atoms with Crippen molar-refractivity contribution in [1.29, 1.82) is 0 Å². The van der Waals surface area contributed by atoms with Crippen molar-refractivity contribution in [3.05, 3.63) is 56.8 Å². The van der Waals surface area contributed by atoms with E-state index in [9.17, 15) is 0 Å². The maximum Gasteiger partial charge on any atom is 0.294 e. The summed E-state index contributed by atoms with van der Waals surface area (Å²) >= 11 is 3.34. The van der Waals surface area contributed by atoms with Crippen molar-refractivity contribution < 1.29 is 4.74 Å². The minimum absolute atomic E-state index is 0.637. The second-order valence-corrected chi connectivity index (χ2v) is 11.6. The van der Waals surface area contributed by atoms with Crippen LogP contribution >= 0.6 is 22.7 Å². The Morgan fingerprint density at radius 3 is 2.69 bits per heavy atom. The number of rotatable bonds is 7. The summed E-state index contributed by atoms with van der Waals surface area (Å²) in [5.41, 5.74) is 9.18. The Bertz CT molecular complexity index is 1380. The molecule has 4 aromatic rings. The summed E-state index contributed by atoms with van der Waals surface area (Å²) in [7, 11) is 1.64. The predicted octanol–water partition coefficient (Wildman–Crippen LogP) is 6.00. The number of allylic oxidation sites excluding steroid dienone is 1. The molecule has 1 aromatic carbocycles. The maximum atomic E-state index is 5.25. The van der Waals surface area contributed by atoms with E-state index >= 15 is 0 Å². The molecule has 6 nitrogen and oxygen atoms in total. The van der Waals surface area contributed by atoms with E-state index in [4.69, 9.17) is 14.7 Å². The molecule has 4 heterocycles. The van der Waals surface area contributed by atoms with Gasteiger partial charge in [-0.15, -0.1) is 16.4 Å². The summed E-state index contributed by atoms with van der Waals surface area (Å²) in [6.45, 7) is 6.78. The van der Waals surface area contributed by atoms with Gasteiger partial charge in [-0.2, -0.15) is 0 Å². The second-order valence-electron chi connectivity index (χ2n) is 9.50. The number of hydrogen-bond donors (Lipinski definition) is 0. The first-order valence-corrected chi connectivity index (χ1v) is 14.2. The van der Waals surface area contributed by atoms with Crippen LogP contribution in [0.4, 0.5) is 5.13 Å². The van der Waals surface area contributed by atoms with Crippen LogP contribution in [0.3, 0.4) is 0 Å². The first-order chi connectivity index (χ1) is 17.1. The van der Waals surface area contributed by atoms with Crippen LogP contribution in [0.25, 0.3) is 16.6 Å². The zero-order chi connectivity index (χ0) is 23.9. The summed E-state index contributed by atoms with van der Waals surface area (Å²) in [4.78, 5) is 14.6. The fraction of sp³-hybridized carbons (Fsp3) is 0.444. The fourth-order valence-corrected chi connectivity index (χ4v) is 6.93. The van der Waals surface area contributed by atoms with Gasteiger partial charge in [0.2, 0.25) is 4.96 Å². The van der Waals surface area contributed by atoms with Crippen molar-refractivity contribution in [2.75, 3.05) is 25.1 Å². The van der Waals surface area contributed by atoms with Crippen LogP contribution in [0.1, 0.15) is 64.7 Å². The maximum absolute atomic E-state index is 5.25. The van der Waals surface area contributed by atoms with Crippen LogP contribution in [0.15, 0.2) is 18.3 Å². The standard InChI is InChI=1S/C27H31N5OS2/c1-4-18-12-19(8-9-23-17(2)34-25(28-23)31-10-6-5-7-11-31)22-15-21(14-20(22)13-18)24-16-32-26(29-24)35-27(30-32)33-3/h12-13,15-16H,4-11,14H2,1-3H3. The summed E-state index contributed by atoms with van der Waals surface area (Å²) in [5, 5.41) is 6.29. The third-order valence-corrected chi connectivity index (χ3v) is 9.14. The Labute approximate surface area is 214 Å². The van der Waals surface area contributed by atoms with Gasteiger partial charge in [0.15, 0.2) is 5.13 Å². The molecular formula is C27H31N5OS2. The molecule has 35 heavy (non-hydrogen) atoms. The molecule has 1 aliphatic carbocycles. The van der Waals surface area contributed by atoms with Crippen molar-refractivity contribution in [3.8, 4) is 5.19 Å². The molecule has 2 aliphatic rings. The van der Waals surface area contributed by atoms with Gasteiger partial charge in [-0.1, -0.05) is 19.1 Å². The summed E-state index contributed by atoms with van der Waals surface area (Å²) in [5.74, 6) is 0. The lowest BCUT2D eigenvalue weighted by molar-refractivity contribution is 0.405. The number of aromatic nitrogens is 4. The van der Waals surface area contributed by atoms with E-state index in [2.05, 4.69) is 42.1 Å². The highest BCUT2D eigenvalue weighted by atomic mass is 32.1. The lowest BCUT2D eigenvalue weighted by atomic mass is 9.95. The number of imidazole rings is 1. The Morgan fingerprint density at radius 2 is 1.91 bits per heavy atom. The number of benzene rings is 1. The number of ether oxygens (including phenoxy) is 1. The molecule has 1 fully saturated rings. The molecule has 0 amide bonds. The van der Waals surface area contributed by atoms with Gasteiger partial charge in [0.1, 0.15) is 0 Å². The van der Waals surface area contributed by atoms with E-state index in [0.717, 1.165) is 49.4 Å². The zero-order valence-electron chi connectivity index (χ0n) is 20.6. The number of anilines is 1. The highest BCUT2D eigenvalue weighted by molar-refractivity contribution is 7.18. The minimum Gasteiger partial charge on any atom is -0.472 e. The second kappa shape index (κ2) is 9.39. The number of fused-ring (bicyclic) bond motifs is 2. The van der Waals surface area contributed by atoms with Gasteiger partial charge in [0.05, 0.1) is 24.7 Å². The summed E-state index contributed by atoms with van der Waals surface area (Å²) in [6.07, 6.45) is 12.3. The van der Waals surface area contributed by atoms with Crippen LogP contribution in [-0.2, 0) is 25.7 Å². The lowest BCUT2D eigenvalue weighted by Gasteiger charge is -2.25. The van der Waals surface area contributed by atoms with Gasteiger partial charge in [0.25, 0.3) is 5.19 Å². The van der Waals surface area contributed by atoms with Gasteiger partial charge in [0, 0.05) is 24.4 Å². The van der Waals surface area contributed by atoms with Crippen LogP contribution < -0.4 is 9.64 Å². The number of methoxy groups -OCH3 is 1. The Morgan fingerprint density at radius 1 is 1.06 bits per heavy atom. The third kappa shape index (κ3) is 4.38. The number of thiazole rings is 1. The van der Waals surface area contributed by atoms with E-state index in [1.807, 2.05) is 22.0 Å². The van der Waals surface area contributed by atoms with Crippen LogP contribution in [-0.4, -0.2) is 39.8 Å². The third-order valence-electron chi connectivity index (χ3n) is 7.19. The lowest BCUT2D eigenvalue weighted by Crippen LogP contribution is -2.29. The van der Waals surface area contributed by atoms with Crippen molar-refractivity contribution in [3.63, 3.8) is 0 Å². The van der Waals surface area contributed by atoms with Gasteiger partial charge >= 0.3 is 0 Å². The molecule has 3 aromatic heterocycles. The van der Waals surface area contributed by atoms with Crippen molar-refractivity contribution in [1.82, 2.24) is 19.6 Å². The Kier molecular flexibility index (Phi) is 6.10. The molecule has 0 bridgehead atoms. The molecule has 1 aliphatic heterocycles. The largest absolute Gasteiger partial charge is 0.472 e. The number of piperidine rings is 1. The van der Waals surface area contributed by atoms with Crippen molar-refractivity contribution in [2.24, 2.45) is 0 Å². The number of hydrogen-bond acceptors (Lipinski definition) is 7. The molecule has 0 saturated carbocycles. The SMILES string of the molecule is CCc1cc(CCc2nc(N3CCCCC3)sc2C)c2c(c1)CC(c1cn3nc(OC)sc3n1)=C2. The Balaban J connectivity index is 1.25. The van der Waals surface area contributed by atoms with E-state index in [1.54, 1.807) is 7.11 Å². The van der Waals surface area contributed by atoms with E-state index in [0.29, 0.717) is 5.19 Å². The molecule has 0 radical (unpaired) electrons. The molecule has 6 rings (SSSR count). The Hall–Kier alpha value is -2.71. The van der Waals surface area contributed by atoms with Gasteiger partial charge < -0.3 is 9.64 Å². The van der Waals surface area contributed by atoms with Gasteiger partial charge in [-0.25, -0.2) is 14.5 Å². The minimum atomic E-state index is 0.637. The van der Waals surface area contributed by atoms with Crippen LogP contribution in [0.5, 0.6) is 5.19 Å². The average Bonchev–Trinajstić information content (AvgIpc) is 3.64. The summed E-state index contributed by atoms with van der Waals surface area (Å²) in [6, 6.07) is 4.79. The molecule has 0 spiro atoms. The van der Waals surface area contributed by atoms with Crippen molar-refractivity contribution in [2.45, 2.75) is 58.8 Å². The molecule has 0 N–H and O–H groups in total. The quantitative estimate of drug-likeness (QED) is 0.308. The number of nitrogens with zero attached hydrogens (tertiary/aromatic N) is 5. The molecule has 0 atom stereocenters. The molecule has 182 valence electrons. The average molecular weight is 506 g/mol. The van der Waals surface area contributed by atoms with Gasteiger partial charge in [-0.3, -0.25) is 0 Å². The number of aryl methyl sites for hydroxylation is 4. The zero-order valence-corrected chi connectivity index (χ0v) is 22.3. The van der Waals surface area contributed by atoms with E-state index < -0.39 is 0 Å². The highest BCUT2D eigenvalue weighted by Gasteiger charge is 2.22. The van der Waals surface area contributed by atoms with Crippen LogP contribution in [0, 0.1) is 6.92 Å². The molecule has 0 unspecified atom stereocenters. The predicted molar refractivity (Wildman–Crippen MR) is 145 cm³/mol. The van der Waals surface area contributed by atoms with E-state index in [1.165, 1.54) is 74.1 Å². The van der Waals surface area contributed by atoms with Crippen molar-refractivity contribution >= 4 is 44.4 Å².